The number of alkyl halides is 1. The molecule has 4 aliphatic rings. The van der Waals surface area contributed by atoms with E-state index >= 15 is 8.78 Å². The molecule has 0 saturated carbocycles. The molecule has 0 radical (unpaired) electrons. The summed E-state index contributed by atoms with van der Waals surface area (Å²) in [5.74, 6) is 0.709. The number of benzene rings is 2. The molecule has 2 aromatic heterocycles. The van der Waals surface area contributed by atoms with E-state index in [0.29, 0.717) is 42.6 Å². The van der Waals surface area contributed by atoms with Gasteiger partial charge in [0.05, 0.1) is 22.4 Å². The van der Waals surface area contributed by atoms with Crippen LogP contribution in [-0.2, 0) is 4.79 Å². The smallest absolute Gasteiger partial charge is 0.319 e. The molecule has 2 bridgehead atoms. The van der Waals surface area contributed by atoms with E-state index in [-0.39, 0.29) is 58.2 Å². The number of piperazine rings is 1. The van der Waals surface area contributed by atoms with Crippen molar-refractivity contribution in [2.45, 2.75) is 69.7 Å². The fraction of sp³-hybridized carbons (Fsp3) is 0.459. The standard InChI is InChI=1S/C37H37F3N6O3/c1-4-26-29(39)9-6-21-12-25(49-35(47)20(2)3)13-27(30(21)26)32-31(40)33-28(15-41-32)34(45-17-23-7-8-24(18-45)42-23)44-36(43-33)48-19-37-10-5-11-46(37)16-22(38)14-37/h1,6,9,12-13,15,20,22-24,42H,5,7-8,10-11,14,16-19H2,2-3H3/t22-,23?,24?,37+/m1/s1. The third kappa shape index (κ3) is 5.53. The molecule has 49 heavy (non-hydrogen) atoms. The Morgan fingerprint density at radius 1 is 1.16 bits per heavy atom. The number of nitrogens with zero attached hydrogens (tertiary/aromatic N) is 5. The maximum Gasteiger partial charge on any atom is 0.319 e. The SMILES string of the molecule is C#Cc1c(F)ccc2cc(OC(=O)C(C)C)cc(-c3ncc4c(N5CC6CCC(C5)N6)nc(OC[C@@]56CCCN5C[C@H](F)C6)nc4c3F)c12. The number of aromatic nitrogens is 3. The first kappa shape index (κ1) is 31.8. The number of carbonyl (C=O) groups is 1. The number of esters is 1. The molecule has 12 heteroatoms. The van der Waals surface area contributed by atoms with Gasteiger partial charge in [0, 0.05) is 55.3 Å². The summed E-state index contributed by atoms with van der Waals surface area (Å²) in [5.41, 5.74) is -0.532. The molecule has 4 aromatic rings. The van der Waals surface area contributed by atoms with E-state index in [0.717, 1.165) is 32.2 Å². The lowest BCUT2D eigenvalue weighted by Crippen LogP contribution is -2.51. The maximum atomic E-state index is 17.1. The van der Waals surface area contributed by atoms with Crippen LogP contribution >= 0.6 is 0 Å². The number of rotatable bonds is 7. The average Bonchev–Trinajstić information content (AvgIpc) is 3.73. The van der Waals surface area contributed by atoms with Crippen molar-refractivity contribution >= 4 is 33.5 Å². The fourth-order valence-electron chi connectivity index (χ4n) is 8.17. The van der Waals surface area contributed by atoms with Gasteiger partial charge in [0.2, 0.25) is 0 Å². The maximum absolute atomic E-state index is 17.1. The van der Waals surface area contributed by atoms with Crippen molar-refractivity contribution in [1.29, 1.82) is 0 Å². The number of fused-ring (bicyclic) bond motifs is 5. The molecule has 9 nitrogen and oxygen atoms in total. The third-order valence-electron chi connectivity index (χ3n) is 10.5. The van der Waals surface area contributed by atoms with Gasteiger partial charge in [-0.2, -0.15) is 9.97 Å². The summed E-state index contributed by atoms with van der Waals surface area (Å²) >= 11 is 0. The summed E-state index contributed by atoms with van der Waals surface area (Å²) in [7, 11) is 0. The van der Waals surface area contributed by atoms with Crippen LogP contribution in [0.25, 0.3) is 32.9 Å². The predicted molar refractivity (Wildman–Crippen MR) is 179 cm³/mol. The largest absolute Gasteiger partial charge is 0.461 e. The summed E-state index contributed by atoms with van der Waals surface area (Å²) < 4.78 is 58.6. The van der Waals surface area contributed by atoms with Crippen LogP contribution in [-0.4, -0.2) is 82.4 Å². The minimum absolute atomic E-state index is 0.00667. The molecular weight excluding hydrogens is 633 g/mol. The molecule has 1 N–H and O–H groups in total. The van der Waals surface area contributed by atoms with Crippen LogP contribution in [0, 0.1) is 29.9 Å². The second-order valence-corrected chi connectivity index (χ2v) is 14.1. The van der Waals surface area contributed by atoms with Gasteiger partial charge in [-0.1, -0.05) is 25.8 Å². The van der Waals surface area contributed by atoms with Crippen LogP contribution in [0.1, 0.15) is 51.5 Å². The zero-order valence-electron chi connectivity index (χ0n) is 27.4. The van der Waals surface area contributed by atoms with Crippen molar-refractivity contribution < 1.29 is 27.4 Å². The quantitative estimate of drug-likeness (QED) is 0.154. The van der Waals surface area contributed by atoms with Crippen molar-refractivity contribution in [2.75, 3.05) is 37.7 Å². The molecule has 2 aromatic carbocycles. The molecule has 0 spiro atoms. The Morgan fingerprint density at radius 3 is 2.71 bits per heavy atom. The van der Waals surface area contributed by atoms with E-state index in [2.05, 4.69) is 31.0 Å². The molecule has 0 aliphatic carbocycles. The Morgan fingerprint density at radius 2 is 1.96 bits per heavy atom. The van der Waals surface area contributed by atoms with E-state index in [1.807, 2.05) is 0 Å². The molecular formula is C37H37F3N6O3. The molecule has 8 rings (SSSR count). The van der Waals surface area contributed by atoms with Crippen LogP contribution in [0.15, 0.2) is 30.5 Å². The van der Waals surface area contributed by atoms with Crippen molar-refractivity contribution in [3.63, 3.8) is 0 Å². The predicted octanol–water partition coefficient (Wildman–Crippen LogP) is 5.56. The van der Waals surface area contributed by atoms with E-state index in [9.17, 15) is 9.18 Å². The first-order chi connectivity index (χ1) is 23.6. The lowest BCUT2D eigenvalue weighted by Gasteiger charge is -2.34. The second kappa shape index (κ2) is 12.1. The summed E-state index contributed by atoms with van der Waals surface area (Å²) in [6, 6.07) is 6.29. The molecule has 4 saturated heterocycles. The molecule has 2 unspecified atom stereocenters. The first-order valence-electron chi connectivity index (χ1n) is 17.0. The monoisotopic (exact) mass is 670 g/mol. The van der Waals surface area contributed by atoms with Crippen LogP contribution in [0.3, 0.4) is 0 Å². The van der Waals surface area contributed by atoms with Gasteiger partial charge in [-0.3, -0.25) is 14.7 Å². The number of ether oxygens (including phenoxy) is 2. The van der Waals surface area contributed by atoms with Crippen LogP contribution in [0.2, 0.25) is 0 Å². The first-order valence-corrected chi connectivity index (χ1v) is 17.0. The van der Waals surface area contributed by atoms with Gasteiger partial charge in [0.25, 0.3) is 0 Å². The van der Waals surface area contributed by atoms with Crippen molar-refractivity contribution in [3.05, 3.63) is 47.7 Å². The Kier molecular flexibility index (Phi) is 7.87. The number of halogens is 3. The zero-order chi connectivity index (χ0) is 34.0. The topological polar surface area (TPSA) is 92.7 Å². The van der Waals surface area contributed by atoms with E-state index < -0.39 is 35.2 Å². The van der Waals surface area contributed by atoms with Gasteiger partial charge in [-0.25, -0.2) is 13.2 Å². The number of hydrogen-bond donors (Lipinski definition) is 1. The number of nitrogens with one attached hydrogen (secondary N) is 1. The van der Waals surface area contributed by atoms with Gasteiger partial charge in [-0.15, -0.1) is 6.42 Å². The minimum atomic E-state index is -0.928. The Hall–Kier alpha value is -4.47. The summed E-state index contributed by atoms with van der Waals surface area (Å²) in [5, 5.41) is 4.72. The Bertz CT molecular complexity index is 2020. The molecule has 254 valence electrons. The highest BCUT2D eigenvalue weighted by atomic mass is 19.1. The highest BCUT2D eigenvalue weighted by Gasteiger charge is 2.49. The minimum Gasteiger partial charge on any atom is -0.461 e. The van der Waals surface area contributed by atoms with Gasteiger partial charge in [0.15, 0.2) is 5.82 Å². The number of pyridine rings is 1. The van der Waals surface area contributed by atoms with Crippen LogP contribution in [0.4, 0.5) is 19.0 Å². The molecule has 4 fully saturated rings. The second-order valence-electron chi connectivity index (χ2n) is 14.1. The van der Waals surface area contributed by atoms with Gasteiger partial charge in [0.1, 0.15) is 41.4 Å². The average molecular weight is 671 g/mol. The van der Waals surface area contributed by atoms with E-state index in [1.165, 1.54) is 24.4 Å². The van der Waals surface area contributed by atoms with Crippen LogP contribution in [0.5, 0.6) is 11.8 Å². The highest BCUT2D eigenvalue weighted by molar-refractivity contribution is 6.03. The van der Waals surface area contributed by atoms with Gasteiger partial charge in [-0.05, 0) is 55.8 Å². The molecule has 0 amide bonds. The summed E-state index contributed by atoms with van der Waals surface area (Å²) in [4.78, 5) is 30.8. The number of carbonyl (C=O) groups excluding carboxylic acids is 1. The summed E-state index contributed by atoms with van der Waals surface area (Å²) in [6.07, 6.45) is 10.5. The number of terminal acetylenes is 1. The van der Waals surface area contributed by atoms with E-state index in [4.69, 9.17) is 20.9 Å². The lowest BCUT2D eigenvalue weighted by molar-refractivity contribution is -0.137. The van der Waals surface area contributed by atoms with Crippen molar-refractivity contribution in [3.8, 4) is 35.4 Å². The Balaban J connectivity index is 1.28. The summed E-state index contributed by atoms with van der Waals surface area (Å²) in [6.45, 7) is 6.11. The van der Waals surface area contributed by atoms with Gasteiger partial charge >= 0.3 is 12.0 Å². The highest BCUT2D eigenvalue weighted by Crippen LogP contribution is 2.42. The van der Waals surface area contributed by atoms with E-state index in [1.54, 1.807) is 19.9 Å². The van der Waals surface area contributed by atoms with Crippen molar-refractivity contribution in [2.24, 2.45) is 5.92 Å². The fourth-order valence-corrected chi connectivity index (χ4v) is 8.17. The van der Waals surface area contributed by atoms with Crippen molar-refractivity contribution in [1.82, 2.24) is 25.2 Å². The normalized spacial score (nSPS) is 24.9. The third-order valence-corrected chi connectivity index (χ3v) is 10.5. The number of anilines is 1. The Labute approximate surface area is 282 Å². The lowest BCUT2D eigenvalue weighted by atomic mass is 9.95. The molecule has 4 aliphatic heterocycles. The molecule has 6 heterocycles. The number of hydrogen-bond acceptors (Lipinski definition) is 9. The van der Waals surface area contributed by atoms with Crippen LogP contribution < -0.4 is 19.7 Å². The zero-order valence-corrected chi connectivity index (χ0v) is 27.4. The molecule has 4 atom stereocenters. The van der Waals surface area contributed by atoms with Gasteiger partial charge < -0.3 is 19.7 Å².